The molecule has 4 nitrogen and oxygen atoms in total. The third-order valence-electron chi connectivity index (χ3n) is 21.7. The Bertz CT molecular complexity index is 4950. The number of furan rings is 1. The second-order valence-corrected chi connectivity index (χ2v) is 28.3. The molecule has 0 amide bonds. The lowest BCUT2D eigenvalue weighted by Crippen LogP contribution is -2.14. The van der Waals surface area contributed by atoms with Gasteiger partial charge in [0.15, 0.2) is 5.58 Å². The monoisotopic (exact) mass is 1200 g/mol. The molecule has 4 heteroatoms. The Morgan fingerprint density at radius 1 is 0.359 bits per heavy atom. The van der Waals surface area contributed by atoms with Crippen molar-refractivity contribution in [1.82, 2.24) is 0 Å². The van der Waals surface area contributed by atoms with Crippen molar-refractivity contribution in [3.05, 3.63) is 246 Å². The summed E-state index contributed by atoms with van der Waals surface area (Å²) in [5, 5.41) is 23.3. The van der Waals surface area contributed by atoms with E-state index in [4.69, 9.17) is 4.42 Å². The Hall–Kier alpha value is -9.12. The third kappa shape index (κ3) is 9.94. The first kappa shape index (κ1) is 58.0. The van der Waals surface area contributed by atoms with Gasteiger partial charge in [0.05, 0.1) is 22.7 Å². The average molecular weight is 1200 g/mol. The van der Waals surface area contributed by atoms with Gasteiger partial charge in [-0.3, -0.25) is 0 Å². The summed E-state index contributed by atoms with van der Waals surface area (Å²) in [5.41, 5.74) is 22.7. The van der Waals surface area contributed by atoms with Gasteiger partial charge in [0, 0.05) is 44.0 Å². The fraction of sp³-hybridized carbons (Fsp3) is 0.273. The summed E-state index contributed by atoms with van der Waals surface area (Å²) in [6, 6.07) is 80.0. The Balaban J connectivity index is 0.968. The fourth-order valence-electron chi connectivity index (χ4n) is 16.6. The number of hydrogen-bond donors (Lipinski definition) is 1. The molecule has 0 radical (unpaired) electrons. The molecule has 92 heavy (non-hydrogen) atoms. The highest BCUT2D eigenvalue weighted by molar-refractivity contribution is 6.30. The lowest BCUT2D eigenvalue weighted by atomic mass is 9.82. The van der Waals surface area contributed by atoms with E-state index < -0.39 is 0 Å². The van der Waals surface area contributed by atoms with Crippen molar-refractivity contribution in [1.29, 1.82) is 0 Å². The number of nitrogens with zero attached hydrogens (tertiary/aromatic N) is 2. The zero-order valence-corrected chi connectivity index (χ0v) is 54.6. The summed E-state index contributed by atoms with van der Waals surface area (Å²) in [4.78, 5) is 4.99. The van der Waals surface area contributed by atoms with E-state index in [2.05, 4.69) is 271 Å². The predicted octanol–water partition coefficient (Wildman–Crippen LogP) is 26.3. The van der Waals surface area contributed by atoms with E-state index in [-0.39, 0.29) is 5.75 Å². The molecule has 1 N–H and O–H groups in total. The van der Waals surface area contributed by atoms with Gasteiger partial charge < -0.3 is 19.3 Å². The minimum absolute atomic E-state index is 0.263. The van der Waals surface area contributed by atoms with Gasteiger partial charge in [-0.2, -0.15) is 0 Å². The van der Waals surface area contributed by atoms with E-state index in [1.54, 1.807) is 0 Å². The van der Waals surface area contributed by atoms with Crippen LogP contribution >= 0.6 is 0 Å². The number of hydrogen-bond acceptors (Lipinski definition) is 4. The molecule has 1 heterocycles. The van der Waals surface area contributed by atoms with Crippen LogP contribution in [0, 0.1) is 5.92 Å². The van der Waals surface area contributed by atoms with Gasteiger partial charge in [0.1, 0.15) is 11.3 Å². The molecule has 0 aliphatic heterocycles. The fourth-order valence-corrected chi connectivity index (χ4v) is 16.6. The van der Waals surface area contributed by atoms with Gasteiger partial charge in [-0.1, -0.05) is 232 Å². The maximum atomic E-state index is 13.4. The normalized spacial score (nSPS) is 15.3. The lowest BCUT2D eigenvalue weighted by molar-refractivity contribution is 0.478. The van der Waals surface area contributed by atoms with Crippen molar-refractivity contribution in [3.63, 3.8) is 0 Å². The molecular weight excluding hydrogens is 1120 g/mol. The number of para-hydroxylation sites is 3. The number of rotatable bonds is 16. The van der Waals surface area contributed by atoms with Gasteiger partial charge in [-0.15, -0.1) is 0 Å². The largest absolute Gasteiger partial charge is 0.505 e. The number of phenolic OH excluding ortho intramolecular Hbond substituents is 1. The van der Waals surface area contributed by atoms with Crippen molar-refractivity contribution >= 4 is 88.4 Å². The summed E-state index contributed by atoms with van der Waals surface area (Å²) < 4.78 is 7.58. The molecule has 16 rings (SSSR count). The van der Waals surface area contributed by atoms with E-state index >= 15 is 0 Å². The van der Waals surface area contributed by atoms with E-state index in [9.17, 15) is 5.11 Å². The van der Waals surface area contributed by atoms with Gasteiger partial charge >= 0.3 is 0 Å². The van der Waals surface area contributed by atoms with E-state index in [1.165, 1.54) is 121 Å². The first-order valence-corrected chi connectivity index (χ1v) is 34.6. The molecule has 3 saturated carbocycles. The van der Waals surface area contributed by atoms with E-state index in [0.29, 0.717) is 35.5 Å². The number of benzene rings is 12. The molecule has 0 bridgehead atoms. The Morgan fingerprint density at radius 2 is 0.826 bits per heavy atom. The summed E-state index contributed by atoms with van der Waals surface area (Å²) >= 11 is 0. The summed E-state index contributed by atoms with van der Waals surface area (Å²) in [5.74, 6) is 3.25. The second-order valence-electron chi connectivity index (χ2n) is 28.3. The topological polar surface area (TPSA) is 39.9 Å². The quantitative estimate of drug-likeness (QED) is 0.0979. The van der Waals surface area contributed by atoms with Gasteiger partial charge in [-0.05, 0) is 212 Å². The van der Waals surface area contributed by atoms with Crippen LogP contribution in [0.4, 0.5) is 34.1 Å². The van der Waals surface area contributed by atoms with E-state index in [1.807, 2.05) is 0 Å². The van der Waals surface area contributed by atoms with Crippen molar-refractivity contribution in [3.8, 4) is 39.1 Å². The molecule has 12 aromatic carbocycles. The zero-order chi connectivity index (χ0) is 62.5. The van der Waals surface area contributed by atoms with Gasteiger partial charge in [0.2, 0.25) is 0 Å². The molecule has 0 spiro atoms. The molecule has 3 aliphatic carbocycles. The average Bonchev–Trinajstić information content (AvgIpc) is 0.775. The molecule has 1 aromatic heterocycles. The van der Waals surface area contributed by atoms with Crippen LogP contribution < -0.4 is 9.80 Å². The standard InChI is InChI=1S/C88H84N2O2/c1-53(2)60-26-17-30-64(49-60)89(80-40-20-36-69(86(80)91)63-29-16-28-62(48-63)68-34-14-12-32-66(68)55(5)6)82-51-78(58-22-8-9-23-58)71-45-47-77-83(52-79(59-24-10-11-25-59)72-44-46-76(82)84(71)85(72)77)90(65-31-18-27-61(50-65)54(3)4)81-41-21-39-75-74-38-19-37-73(87(74)92-88(75)81)70-35-15-13-33-67(70)56(7)57-42-43-57/h12-21,26-41,44-59,91H,8-11,22-25,42-43H2,1-7H3. The number of fused-ring (bicyclic) bond motifs is 3. The minimum Gasteiger partial charge on any atom is -0.505 e. The molecule has 13 aromatic rings. The van der Waals surface area contributed by atoms with Crippen LogP contribution in [0.3, 0.4) is 0 Å². The molecule has 1 atom stereocenters. The van der Waals surface area contributed by atoms with Gasteiger partial charge in [-0.25, -0.2) is 0 Å². The molecule has 1 unspecified atom stereocenters. The first-order valence-electron chi connectivity index (χ1n) is 34.6. The van der Waals surface area contributed by atoms with Crippen LogP contribution in [0.15, 0.2) is 217 Å². The number of anilines is 6. The maximum Gasteiger partial charge on any atom is 0.159 e. The highest BCUT2D eigenvalue weighted by Gasteiger charge is 2.34. The van der Waals surface area contributed by atoms with Crippen molar-refractivity contribution in [2.24, 2.45) is 5.92 Å². The number of aromatic hydroxyl groups is 1. The van der Waals surface area contributed by atoms with Crippen LogP contribution in [0.1, 0.15) is 182 Å². The summed E-state index contributed by atoms with van der Waals surface area (Å²) in [7, 11) is 0. The molecule has 3 fully saturated rings. The predicted molar refractivity (Wildman–Crippen MR) is 391 cm³/mol. The summed E-state index contributed by atoms with van der Waals surface area (Å²) in [6.45, 7) is 16.1. The number of phenols is 1. The zero-order valence-electron chi connectivity index (χ0n) is 54.6. The lowest BCUT2D eigenvalue weighted by Gasteiger charge is -2.32. The van der Waals surface area contributed by atoms with Crippen molar-refractivity contribution in [2.75, 3.05) is 9.80 Å². The van der Waals surface area contributed by atoms with Crippen LogP contribution in [0.5, 0.6) is 5.75 Å². The van der Waals surface area contributed by atoms with Crippen LogP contribution in [-0.4, -0.2) is 5.11 Å². The van der Waals surface area contributed by atoms with Crippen LogP contribution in [-0.2, 0) is 0 Å². The SMILES string of the molecule is CC(C)c1cccc(N(c2cccc(-c3cccc(-c4ccccc4C(C)C)c3)c2O)c2cc(C3CCCC3)c3ccc4c(N(c5cccc(C(C)C)c5)c5cccc6c5oc5c(-c7ccccc7C(C)C7CC7)cccc56)cc(C5CCCC5)c5ccc2c3c54)c1. The summed E-state index contributed by atoms with van der Waals surface area (Å²) in [6.07, 6.45) is 12.1. The molecule has 458 valence electrons. The van der Waals surface area contributed by atoms with Crippen molar-refractivity contribution in [2.45, 2.75) is 148 Å². The maximum absolute atomic E-state index is 13.4. The Labute approximate surface area is 543 Å². The molecule has 0 saturated heterocycles. The second kappa shape index (κ2) is 23.5. The third-order valence-corrected chi connectivity index (χ3v) is 21.7. The van der Waals surface area contributed by atoms with E-state index in [0.717, 1.165) is 104 Å². The molecule has 3 aliphatic rings. The highest BCUT2D eigenvalue weighted by atomic mass is 16.3. The highest BCUT2D eigenvalue weighted by Crippen LogP contribution is 2.56. The van der Waals surface area contributed by atoms with Crippen LogP contribution in [0.2, 0.25) is 0 Å². The van der Waals surface area contributed by atoms with Crippen LogP contribution in [0.25, 0.3) is 87.6 Å². The Kier molecular flexibility index (Phi) is 14.8. The molecular formula is C88H84N2O2. The minimum atomic E-state index is 0.263. The first-order chi connectivity index (χ1) is 45.0. The smallest absolute Gasteiger partial charge is 0.159 e. The Morgan fingerprint density at radius 3 is 1.41 bits per heavy atom. The van der Waals surface area contributed by atoms with Crippen molar-refractivity contribution < 1.29 is 9.52 Å². The van der Waals surface area contributed by atoms with Gasteiger partial charge in [0.25, 0.3) is 0 Å².